The largest absolute Gasteiger partial charge is 1.00 e. The van der Waals surface area contributed by atoms with Gasteiger partial charge in [-0.25, -0.2) is 0 Å². The van der Waals surface area contributed by atoms with E-state index in [2.05, 4.69) is 0 Å². The number of hydrogen-bond acceptors (Lipinski definition) is 6. The monoisotopic (exact) mass is 506 g/mol. The zero-order valence-corrected chi connectivity index (χ0v) is 24.6. The van der Waals surface area contributed by atoms with Crippen LogP contribution in [0.1, 0.15) is 49.7 Å². The van der Waals surface area contributed by atoms with E-state index in [0.717, 1.165) is 11.1 Å². The number of aryl methyl sites for hydroxylation is 2. The van der Waals surface area contributed by atoms with E-state index in [4.69, 9.17) is 0 Å². The maximum absolute atomic E-state index is 12.2. The third kappa shape index (κ3) is 9.39. The van der Waals surface area contributed by atoms with Crippen molar-refractivity contribution in [1.82, 2.24) is 0 Å². The summed E-state index contributed by atoms with van der Waals surface area (Å²) in [5, 5.41) is 23.8. The van der Waals surface area contributed by atoms with Gasteiger partial charge in [0.05, 0.1) is 5.97 Å². The maximum atomic E-state index is 12.2. The van der Waals surface area contributed by atoms with Crippen molar-refractivity contribution >= 4 is 22.1 Å². The quantitative estimate of drug-likeness (QED) is 0.155. The van der Waals surface area contributed by atoms with Crippen molar-refractivity contribution in [2.24, 2.45) is 5.92 Å². The molecule has 0 aliphatic carbocycles. The molecule has 0 fully saturated rings. The van der Waals surface area contributed by atoms with Crippen LogP contribution in [0.15, 0.2) is 60.7 Å². The normalized spacial score (nSPS) is 13.6. The Balaban J connectivity index is 0.00000544. The Morgan fingerprint density at radius 1 is 0.794 bits per heavy atom. The molecule has 2 aromatic rings. The Bertz CT molecular complexity index is 985. The number of carboxylic acid groups (broad SMARTS) is 2. The van der Waals surface area contributed by atoms with Crippen LogP contribution in [-0.2, 0) is 32.5 Å². The van der Waals surface area contributed by atoms with Crippen LogP contribution in [0.4, 0.5) is 0 Å². The molecule has 0 aromatic heterocycles. The first-order valence-corrected chi connectivity index (χ1v) is 12.1. The van der Waals surface area contributed by atoms with Crippen LogP contribution >= 0.6 is 0 Å². The first-order chi connectivity index (χ1) is 15.2. The molecule has 0 aliphatic heterocycles. The fraction of sp³-hybridized carbons (Fsp3) is 0.417. The summed E-state index contributed by atoms with van der Waals surface area (Å²) in [6, 6.07) is 18.7. The number of carboxylic acids is 2. The molecule has 2 rings (SSSR count). The molecular formula is C24H28Na2O7S. The van der Waals surface area contributed by atoms with Crippen LogP contribution in [-0.4, -0.2) is 29.7 Å². The first-order valence-electron chi connectivity index (χ1n) is 10.7. The van der Waals surface area contributed by atoms with Gasteiger partial charge in [0.2, 0.25) is 0 Å². The predicted octanol–water partition coefficient (Wildman–Crippen LogP) is -4.44. The van der Waals surface area contributed by atoms with Gasteiger partial charge in [-0.15, -0.1) is 0 Å². The number of unbranched alkanes of at least 4 members (excludes halogenated alkanes) is 2. The Morgan fingerprint density at radius 2 is 1.24 bits per heavy atom. The molecule has 0 saturated carbocycles. The molecule has 0 saturated heterocycles. The van der Waals surface area contributed by atoms with E-state index in [9.17, 15) is 32.8 Å². The maximum Gasteiger partial charge on any atom is 1.00 e. The SMILES string of the molecule is O=C([O-])C(CCCCc1ccccc1)C(CCCCc1ccccc1)(C(=O)[O-])S(=O)(=O)O.[Na+].[Na+]. The van der Waals surface area contributed by atoms with Gasteiger partial charge in [0, 0.05) is 11.9 Å². The summed E-state index contributed by atoms with van der Waals surface area (Å²) in [5.41, 5.74) is 2.01. The van der Waals surface area contributed by atoms with E-state index >= 15 is 0 Å². The van der Waals surface area contributed by atoms with Crippen molar-refractivity contribution in [1.29, 1.82) is 0 Å². The summed E-state index contributed by atoms with van der Waals surface area (Å²) in [5.74, 6) is -5.86. The van der Waals surface area contributed by atoms with Crippen LogP contribution in [0.25, 0.3) is 0 Å². The van der Waals surface area contributed by atoms with Gasteiger partial charge in [-0.1, -0.05) is 73.5 Å². The van der Waals surface area contributed by atoms with Crippen LogP contribution < -0.4 is 69.3 Å². The van der Waals surface area contributed by atoms with E-state index in [1.807, 2.05) is 60.7 Å². The van der Waals surface area contributed by atoms with Gasteiger partial charge in [0.15, 0.2) is 0 Å². The molecule has 0 amide bonds. The van der Waals surface area contributed by atoms with E-state index in [0.29, 0.717) is 25.7 Å². The van der Waals surface area contributed by atoms with Crippen LogP contribution in [0.5, 0.6) is 0 Å². The minimum atomic E-state index is -5.29. The molecule has 174 valence electrons. The molecule has 0 bridgehead atoms. The number of benzene rings is 2. The minimum Gasteiger partial charge on any atom is -0.550 e. The van der Waals surface area contributed by atoms with E-state index in [1.165, 1.54) is 0 Å². The average molecular weight is 507 g/mol. The zero-order chi connectivity index (χ0) is 23.6. The zero-order valence-electron chi connectivity index (χ0n) is 19.8. The van der Waals surface area contributed by atoms with Crippen LogP contribution in [0.2, 0.25) is 0 Å². The Labute approximate surface area is 245 Å². The summed E-state index contributed by atoms with van der Waals surface area (Å²) in [7, 11) is -5.29. The van der Waals surface area contributed by atoms with Gasteiger partial charge >= 0.3 is 59.1 Å². The van der Waals surface area contributed by atoms with Gasteiger partial charge in [0.25, 0.3) is 10.1 Å². The van der Waals surface area contributed by atoms with Crippen LogP contribution in [0, 0.1) is 5.92 Å². The molecule has 0 radical (unpaired) electrons. The number of rotatable bonds is 14. The van der Waals surface area contributed by atoms with Gasteiger partial charge < -0.3 is 19.8 Å². The fourth-order valence-electron chi connectivity index (χ4n) is 4.06. The molecule has 1 N–H and O–H groups in total. The van der Waals surface area contributed by atoms with Gasteiger partial charge in [-0.2, -0.15) is 8.42 Å². The molecular weight excluding hydrogens is 478 g/mol. The fourth-order valence-corrected chi connectivity index (χ4v) is 5.24. The molecule has 7 nitrogen and oxygen atoms in total. The second kappa shape index (κ2) is 16.1. The van der Waals surface area contributed by atoms with Gasteiger partial charge in [-0.05, 0) is 49.7 Å². The Kier molecular flexibility index (Phi) is 15.8. The van der Waals surface area contributed by atoms with Gasteiger partial charge in [-0.3, -0.25) is 4.55 Å². The minimum absolute atomic E-state index is 0. The van der Waals surface area contributed by atoms with E-state index in [-0.39, 0.29) is 78.4 Å². The van der Waals surface area contributed by atoms with E-state index in [1.54, 1.807) is 0 Å². The second-order valence-corrected chi connectivity index (χ2v) is 9.63. The van der Waals surface area contributed by atoms with Crippen molar-refractivity contribution in [3.05, 3.63) is 71.8 Å². The summed E-state index contributed by atoms with van der Waals surface area (Å²) in [6.07, 6.45) is 1.63. The Morgan fingerprint density at radius 3 is 1.62 bits per heavy atom. The number of carbonyl (C=O) groups excluding carboxylic acids is 2. The smallest absolute Gasteiger partial charge is 0.550 e. The van der Waals surface area contributed by atoms with Crippen molar-refractivity contribution in [2.75, 3.05) is 0 Å². The summed E-state index contributed by atoms with van der Waals surface area (Å²) >= 11 is 0. The topological polar surface area (TPSA) is 135 Å². The third-order valence-electron chi connectivity index (χ3n) is 5.81. The van der Waals surface area contributed by atoms with Gasteiger partial charge in [0.1, 0.15) is 4.75 Å². The number of aliphatic carboxylic acids is 2. The molecule has 2 atom stereocenters. The average Bonchev–Trinajstić information content (AvgIpc) is 2.75. The molecule has 0 heterocycles. The van der Waals surface area contributed by atoms with Crippen molar-refractivity contribution in [3.63, 3.8) is 0 Å². The summed E-state index contributed by atoms with van der Waals surface area (Å²) in [6.45, 7) is 0. The van der Waals surface area contributed by atoms with Crippen molar-refractivity contribution < 1.29 is 91.9 Å². The number of hydrogen-bond donors (Lipinski definition) is 1. The Hall–Kier alpha value is -0.710. The standard InChI is InChI=1S/C24H30O7S.2Na/c25-22(26)21(17-8-7-15-19-11-3-1-4-12-19)24(23(27)28,32(29,30)31)18-10-9-16-20-13-5-2-6-14-20;;/h1-6,11-14,21H,7-10,15-18H2,(H,25,26)(H,27,28)(H,29,30,31);;/q;2*+1/p-2. The molecule has 0 aliphatic rings. The summed E-state index contributed by atoms with van der Waals surface area (Å²) < 4.78 is 31.3. The number of carbonyl (C=O) groups is 2. The molecule has 2 aromatic carbocycles. The van der Waals surface area contributed by atoms with E-state index < -0.39 is 39.1 Å². The molecule has 34 heavy (non-hydrogen) atoms. The summed E-state index contributed by atoms with van der Waals surface area (Å²) in [4.78, 5) is 23.8. The predicted molar refractivity (Wildman–Crippen MR) is 116 cm³/mol. The molecule has 2 unspecified atom stereocenters. The third-order valence-corrected chi connectivity index (χ3v) is 7.39. The first kappa shape index (κ1) is 33.3. The molecule has 10 heteroatoms. The van der Waals surface area contributed by atoms with Crippen molar-refractivity contribution in [3.8, 4) is 0 Å². The second-order valence-electron chi connectivity index (χ2n) is 7.95. The van der Waals surface area contributed by atoms with Crippen LogP contribution in [0.3, 0.4) is 0 Å². The molecule has 0 spiro atoms. The van der Waals surface area contributed by atoms with Crippen molar-refractivity contribution in [2.45, 2.75) is 56.1 Å².